The summed E-state index contributed by atoms with van der Waals surface area (Å²) in [6.45, 7) is 4.97. The summed E-state index contributed by atoms with van der Waals surface area (Å²) in [6.07, 6.45) is 0. The summed E-state index contributed by atoms with van der Waals surface area (Å²) in [5.74, 6) is 2.01. The van der Waals surface area contributed by atoms with Gasteiger partial charge in [-0.15, -0.1) is 10.2 Å². The molecule has 0 saturated heterocycles. The topological polar surface area (TPSA) is 89.7 Å². The van der Waals surface area contributed by atoms with Crippen LogP contribution in [0.1, 0.15) is 21.8 Å². The summed E-state index contributed by atoms with van der Waals surface area (Å²) in [7, 11) is 5.56. The zero-order chi connectivity index (χ0) is 25.7. The average Bonchev–Trinajstić information content (AvgIpc) is 3.30. The fourth-order valence-corrected chi connectivity index (χ4v) is 3.74. The summed E-state index contributed by atoms with van der Waals surface area (Å²) in [5, 5.41) is 11.0. The fourth-order valence-electron chi connectivity index (χ4n) is 3.74. The molecule has 0 bridgehead atoms. The summed E-state index contributed by atoms with van der Waals surface area (Å²) in [5.41, 5.74) is 5.00. The van der Waals surface area contributed by atoms with E-state index in [1.165, 1.54) is 0 Å². The molecule has 0 saturated carbocycles. The van der Waals surface area contributed by atoms with Gasteiger partial charge in [-0.1, -0.05) is 12.1 Å². The van der Waals surface area contributed by atoms with E-state index < -0.39 is 0 Å². The molecule has 36 heavy (non-hydrogen) atoms. The number of benzene rings is 3. The second-order valence-corrected chi connectivity index (χ2v) is 8.70. The number of aromatic nitrogens is 2. The van der Waals surface area contributed by atoms with Gasteiger partial charge in [-0.3, -0.25) is 4.79 Å². The van der Waals surface area contributed by atoms with Crippen LogP contribution in [-0.2, 0) is 0 Å². The number of carbonyl (C=O) groups is 1. The molecule has 4 rings (SSSR count). The summed E-state index contributed by atoms with van der Waals surface area (Å²) in [6, 6.07) is 18.8. The first-order valence-electron chi connectivity index (χ1n) is 11.6. The van der Waals surface area contributed by atoms with E-state index in [4.69, 9.17) is 13.9 Å². The van der Waals surface area contributed by atoms with Gasteiger partial charge >= 0.3 is 0 Å². The van der Waals surface area contributed by atoms with Gasteiger partial charge in [0.2, 0.25) is 11.8 Å². The number of nitrogens with zero attached hydrogens (tertiary/aromatic N) is 3. The van der Waals surface area contributed by atoms with Crippen LogP contribution in [0.15, 0.2) is 65.1 Å². The zero-order valence-electron chi connectivity index (χ0n) is 21.2. The predicted molar refractivity (Wildman–Crippen MR) is 140 cm³/mol. The molecule has 0 spiro atoms. The van der Waals surface area contributed by atoms with Crippen molar-refractivity contribution in [1.82, 2.24) is 15.1 Å². The maximum absolute atomic E-state index is 13.1. The highest BCUT2D eigenvalue weighted by Gasteiger charge is 2.16. The molecule has 0 atom stereocenters. The van der Waals surface area contributed by atoms with Crippen LogP contribution in [-0.4, -0.2) is 55.4 Å². The van der Waals surface area contributed by atoms with Gasteiger partial charge < -0.3 is 24.1 Å². The summed E-state index contributed by atoms with van der Waals surface area (Å²) < 4.78 is 16.8. The second-order valence-electron chi connectivity index (χ2n) is 8.70. The van der Waals surface area contributed by atoms with E-state index in [1.807, 2.05) is 56.3 Å². The van der Waals surface area contributed by atoms with Crippen LogP contribution in [0, 0.1) is 13.8 Å². The minimum Gasteiger partial charge on any atom is -0.497 e. The van der Waals surface area contributed by atoms with Crippen molar-refractivity contribution in [3.05, 3.63) is 77.7 Å². The van der Waals surface area contributed by atoms with Gasteiger partial charge in [0, 0.05) is 24.7 Å². The number of ether oxygens (including phenoxy) is 2. The predicted octanol–water partition coefficient (Wildman–Crippen LogP) is 5.22. The van der Waals surface area contributed by atoms with E-state index in [1.54, 1.807) is 44.4 Å². The molecular formula is C28H30N4O4. The van der Waals surface area contributed by atoms with Crippen LogP contribution in [0.3, 0.4) is 0 Å². The molecule has 1 N–H and O–H groups in total. The number of likely N-dealkylation sites (N-methyl/N-ethyl adjacent to an activating group) is 1. The number of anilines is 1. The number of amides is 1. The normalized spacial score (nSPS) is 10.9. The van der Waals surface area contributed by atoms with Crippen LogP contribution < -0.4 is 14.8 Å². The first-order chi connectivity index (χ1) is 17.3. The van der Waals surface area contributed by atoms with Gasteiger partial charge in [-0.05, 0) is 86.2 Å². The van der Waals surface area contributed by atoms with Crippen LogP contribution >= 0.6 is 0 Å². The van der Waals surface area contributed by atoms with Gasteiger partial charge in [0.15, 0.2) is 0 Å². The van der Waals surface area contributed by atoms with Gasteiger partial charge in [-0.25, -0.2) is 0 Å². The minimum atomic E-state index is -0.245. The molecule has 4 aromatic rings. The van der Waals surface area contributed by atoms with E-state index >= 15 is 0 Å². The standard InChI is InChI=1S/C28H30N4O4/c1-18-16-21(28-31-30-19(2)36-28)7-12-24(18)20-6-13-25(26(17-20)35-15-14-32(3)4)27(33)29-22-8-10-23(34-5)11-9-22/h6-13,16-17H,14-15H2,1-5H3,(H,29,33). The molecule has 0 radical (unpaired) electrons. The fraction of sp³-hybridized carbons (Fsp3) is 0.250. The highest BCUT2D eigenvalue weighted by atomic mass is 16.5. The van der Waals surface area contributed by atoms with E-state index in [2.05, 4.69) is 15.5 Å². The number of rotatable bonds is 9. The Hall–Kier alpha value is -4.17. The molecule has 1 heterocycles. The van der Waals surface area contributed by atoms with E-state index in [0.29, 0.717) is 35.4 Å². The summed E-state index contributed by atoms with van der Waals surface area (Å²) >= 11 is 0. The van der Waals surface area contributed by atoms with Crippen LogP contribution in [0.5, 0.6) is 11.5 Å². The van der Waals surface area contributed by atoms with E-state index in [0.717, 1.165) is 34.5 Å². The van der Waals surface area contributed by atoms with Crippen molar-refractivity contribution in [2.75, 3.05) is 39.7 Å². The van der Waals surface area contributed by atoms with Gasteiger partial charge in [0.1, 0.15) is 18.1 Å². The lowest BCUT2D eigenvalue weighted by atomic mass is 9.97. The highest BCUT2D eigenvalue weighted by molar-refractivity contribution is 6.06. The van der Waals surface area contributed by atoms with Gasteiger partial charge in [0.25, 0.3) is 5.91 Å². The maximum atomic E-state index is 13.1. The quantitative estimate of drug-likeness (QED) is 0.347. The molecule has 0 fully saturated rings. The van der Waals surface area contributed by atoms with Crippen molar-refractivity contribution in [2.24, 2.45) is 0 Å². The van der Waals surface area contributed by atoms with Crippen molar-refractivity contribution in [3.63, 3.8) is 0 Å². The number of nitrogens with one attached hydrogen (secondary N) is 1. The number of aryl methyl sites for hydroxylation is 2. The van der Waals surface area contributed by atoms with Crippen molar-refractivity contribution >= 4 is 11.6 Å². The number of carbonyl (C=O) groups excluding carboxylic acids is 1. The van der Waals surface area contributed by atoms with E-state index in [-0.39, 0.29) is 5.91 Å². The smallest absolute Gasteiger partial charge is 0.259 e. The van der Waals surface area contributed by atoms with Gasteiger partial charge in [0.05, 0.1) is 12.7 Å². The SMILES string of the molecule is COc1ccc(NC(=O)c2ccc(-c3ccc(-c4nnc(C)o4)cc3C)cc2OCCN(C)C)cc1. The van der Waals surface area contributed by atoms with Crippen LogP contribution in [0.4, 0.5) is 5.69 Å². The largest absolute Gasteiger partial charge is 0.497 e. The van der Waals surface area contributed by atoms with E-state index in [9.17, 15) is 4.79 Å². The molecular weight excluding hydrogens is 456 g/mol. The Bertz CT molecular complexity index is 1350. The van der Waals surface area contributed by atoms with Crippen molar-refractivity contribution < 1.29 is 18.7 Å². The Morgan fingerprint density at radius 2 is 1.72 bits per heavy atom. The third-order valence-corrected chi connectivity index (χ3v) is 5.68. The third kappa shape index (κ3) is 5.90. The van der Waals surface area contributed by atoms with Crippen molar-refractivity contribution in [3.8, 4) is 34.1 Å². The highest BCUT2D eigenvalue weighted by Crippen LogP contribution is 2.32. The first-order valence-corrected chi connectivity index (χ1v) is 11.6. The van der Waals surface area contributed by atoms with Crippen molar-refractivity contribution in [2.45, 2.75) is 13.8 Å². The Morgan fingerprint density at radius 1 is 0.972 bits per heavy atom. The molecule has 1 aromatic heterocycles. The Balaban J connectivity index is 1.63. The van der Waals surface area contributed by atoms with Crippen LogP contribution in [0.2, 0.25) is 0 Å². The molecule has 186 valence electrons. The van der Waals surface area contributed by atoms with Crippen LogP contribution in [0.25, 0.3) is 22.6 Å². The molecule has 0 aliphatic carbocycles. The third-order valence-electron chi connectivity index (χ3n) is 5.68. The summed E-state index contributed by atoms with van der Waals surface area (Å²) in [4.78, 5) is 15.2. The number of hydrogen-bond donors (Lipinski definition) is 1. The van der Waals surface area contributed by atoms with Crippen molar-refractivity contribution in [1.29, 1.82) is 0 Å². The molecule has 0 aliphatic heterocycles. The molecule has 8 nitrogen and oxygen atoms in total. The monoisotopic (exact) mass is 486 g/mol. The molecule has 3 aromatic carbocycles. The molecule has 0 aliphatic rings. The lowest BCUT2D eigenvalue weighted by molar-refractivity contribution is 0.102. The molecule has 1 amide bonds. The average molecular weight is 487 g/mol. The lowest BCUT2D eigenvalue weighted by Gasteiger charge is -2.16. The molecule has 0 unspecified atom stereocenters. The number of methoxy groups -OCH3 is 1. The molecule has 8 heteroatoms. The minimum absolute atomic E-state index is 0.245. The first kappa shape index (κ1) is 24.9. The zero-order valence-corrected chi connectivity index (χ0v) is 21.2. The van der Waals surface area contributed by atoms with Gasteiger partial charge in [-0.2, -0.15) is 0 Å². The Morgan fingerprint density at radius 3 is 2.36 bits per heavy atom. The maximum Gasteiger partial charge on any atom is 0.259 e. The Labute approximate surface area is 210 Å². The second kappa shape index (κ2) is 11.0. The number of hydrogen-bond acceptors (Lipinski definition) is 7. The lowest BCUT2D eigenvalue weighted by Crippen LogP contribution is -2.21. The Kier molecular flexibility index (Phi) is 7.65.